The molecular formula is C14H26N2O2. The van der Waals surface area contributed by atoms with Crippen LogP contribution in [-0.2, 0) is 16.6 Å². The molecule has 18 heavy (non-hydrogen) atoms. The fourth-order valence-corrected chi connectivity index (χ4v) is 1.58. The van der Waals surface area contributed by atoms with Crippen LogP contribution in [0.25, 0.3) is 0 Å². The van der Waals surface area contributed by atoms with Crippen LogP contribution in [-0.4, -0.2) is 31.8 Å². The molecule has 1 aromatic heterocycles. The van der Waals surface area contributed by atoms with Gasteiger partial charge in [-0.3, -0.25) is 0 Å². The van der Waals surface area contributed by atoms with E-state index in [1.54, 1.807) is 7.11 Å². The number of aryl methyl sites for hydroxylation is 1. The van der Waals surface area contributed by atoms with Crippen molar-refractivity contribution in [2.75, 3.05) is 26.8 Å². The number of ether oxygens (including phenoxy) is 1. The van der Waals surface area contributed by atoms with Crippen molar-refractivity contribution in [1.29, 1.82) is 0 Å². The molecule has 4 nitrogen and oxygen atoms in total. The molecule has 0 amide bonds. The molecule has 0 saturated heterocycles. The van der Waals surface area contributed by atoms with Gasteiger partial charge in [0.25, 0.3) is 0 Å². The predicted octanol–water partition coefficient (Wildman–Crippen LogP) is 2.53. The van der Waals surface area contributed by atoms with Crippen LogP contribution in [0.1, 0.15) is 45.3 Å². The third-order valence-electron chi connectivity index (χ3n) is 3.33. The first-order valence-corrected chi connectivity index (χ1v) is 6.75. The standard InChI is InChI=1S/C14H26N2O2/c1-5-14(2,3)12-11-16-13(18-12)7-6-8-15-9-10-17-4/h11,15H,5-10H2,1-4H3. The molecule has 1 heterocycles. The lowest BCUT2D eigenvalue weighted by atomic mass is 9.88. The summed E-state index contributed by atoms with van der Waals surface area (Å²) in [5.74, 6) is 1.84. The number of rotatable bonds is 9. The lowest BCUT2D eigenvalue weighted by Gasteiger charge is -2.18. The van der Waals surface area contributed by atoms with Crippen LogP contribution in [0, 0.1) is 0 Å². The van der Waals surface area contributed by atoms with E-state index in [0.717, 1.165) is 50.6 Å². The van der Waals surface area contributed by atoms with Gasteiger partial charge in [-0.2, -0.15) is 0 Å². The Bertz CT molecular complexity index is 334. The van der Waals surface area contributed by atoms with Crippen molar-refractivity contribution in [2.45, 2.75) is 45.4 Å². The van der Waals surface area contributed by atoms with E-state index in [-0.39, 0.29) is 5.41 Å². The largest absolute Gasteiger partial charge is 0.445 e. The highest BCUT2D eigenvalue weighted by Gasteiger charge is 2.22. The Morgan fingerprint density at radius 2 is 2.17 bits per heavy atom. The van der Waals surface area contributed by atoms with Gasteiger partial charge in [0, 0.05) is 25.5 Å². The van der Waals surface area contributed by atoms with E-state index in [0.29, 0.717) is 0 Å². The molecule has 0 aliphatic carbocycles. The zero-order chi connectivity index (χ0) is 13.4. The van der Waals surface area contributed by atoms with Crippen LogP contribution in [0.5, 0.6) is 0 Å². The van der Waals surface area contributed by atoms with Gasteiger partial charge in [-0.25, -0.2) is 4.98 Å². The van der Waals surface area contributed by atoms with Crippen molar-refractivity contribution in [2.24, 2.45) is 0 Å². The van der Waals surface area contributed by atoms with Crippen LogP contribution < -0.4 is 5.32 Å². The maximum Gasteiger partial charge on any atom is 0.194 e. The lowest BCUT2D eigenvalue weighted by molar-refractivity contribution is 0.199. The highest BCUT2D eigenvalue weighted by atomic mass is 16.5. The molecule has 0 aliphatic rings. The lowest BCUT2D eigenvalue weighted by Crippen LogP contribution is -2.20. The fourth-order valence-electron chi connectivity index (χ4n) is 1.58. The SMILES string of the molecule is CCC(C)(C)c1cnc(CCCNCCOC)o1. The molecule has 0 aliphatic heterocycles. The minimum Gasteiger partial charge on any atom is -0.445 e. The maximum atomic E-state index is 5.80. The molecule has 1 rings (SSSR count). The van der Waals surface area contributed by atoms with E-state index in [9.17, 15) is 0 Å². The van der Waals surface area contributed by atoms with Gasteiger partial charge < -0.3 is 14.5 Å². The molecular weight excluding hydrogens is 228 g/mol. The first-order chi connectivity index (χ1) is 8.60. The van der Waals surface area contributed by atoms with E-state index in [2.05, 4.69) is 31.1 Å². The molecule has 1 aromatic rings. The smallest absolute Gasteiger partial charge is 0.194 e. The zero-order valence-corrected chi connectivity index (χ0v) is 12.1. The Morgan fingerprint density at radius 1 is 1.39 bits per heavy atom. The van der Waals surface area contributed by atoms with Gasteiger partial charge in [0.15, 0.2) is 5.89 Å². The molecule has 0 aromatic carbocycles. The van der Waals surface area contributed by atoms with Gasteiger partial charge in [0.1, 0.15) is 5.76 Å². The van der Waals surface area contributed by atoms with Gasteiger partial charge in [-0.15, -0.1) is 0 Å². The molecule has 0 bridgehead atoms. The van der Waals surface area contributed by atoms with Crippen molar-refractivity contribution < 1.29 is 9.15 Å². The Balaban J connectivity index is 2.27. The second kappa shape index (κ2) is 7.54. The Labute approximate surface area is 110 Å². The Morgan fingerprint density at radius 3 is 2.83 bits per heavy atom. The third-order valence-corrected chi connectivity index (χ3v) is 3.33. The number of oxazole rings is 1. The van der Waals surface area contributed by atoms with Crippen LogP contribution in [0.2, 0.25) is 0 Å². The summed E-state index contributed by atoms with van der Waals surface area (Å²) in [4.78, 5) is 4.35. The van der Waals surface area contributed by atoms with Crippen LogP contribution in [0.4, 0.5) is 0 Å². The number of hydrogen-bond donors (Lipinski definition) is 1. The second-order valence-electron chi connectivity index (χ2n) is 5.20. The van der Waals surface area contributed by atoms with Crippen LogP contribution in [0.3, 0.4) is 0 Å². The number of nitrogens with one attached hydrogen (secondary N) is 1. The molecule has 1 N–H and O–H groups in total. The normalized spacial score (nSPS) is 12.0. The summed E-state index contributed by atoms with van der Waals surface area (Å²) in [5.41, 5.74) is 0.0853. The maximum absolute atomic E-state index is 5.80. The Hall–Kier alpha value is -0.870. The number of hydrogen-bond acceptors (Lipinski definition) is 4. The summed E-state index contributed by atoms with van der Waals surface area (Å²) in [5, 5.41) is 3.31. The summed E-state index contributed by atoms with van der Waals surface area (Å²) >= 11 is 0. The monoisotopic (exact) mass is 254 g/mol. The summed E-state index contributed by atoms with van der Waals surface area (Å²) < 4.78 is 10.8. The predicted molar refractivity (Wildman–Crippen MR) is 72.9 cm³/mol. The van der Waals surface area contributed by atoms with E-state index >= 15 is 0 Å². The van der Waals surface area contributed by atoms with Gasteiger partial charge >= 0.3 is 0 Å². The first-order valence-electron chi connectivity index (χ1n) is 6.75. The molecule has 104 valence electrons. The summed E-state index contributed by atoms with van der Waals surface area (Å²) in [6, 6.07) is 0. The fraction of sp³-hybridized carbons (Fsp3) is 0.786. The van der Waals surface area contributed by atoms with Gasteiger partial charge in [-0.1, -0.05) is 20.8 Å². The minimum absolute atomic E-state index is 0.0853. The zero-order valence-electron chi connectivity index (χ0n) is 12.1. The topological polar surface area (TPSA) is 47.3 Å². The van der Waals surface area contributed by atoms with Crippen molar-refractivity contribution >= 4 is 0 Å². The highest BCUT2D eigenvalue weighted by Crippen LogP contribution is 2.27. The number of aromatic nitrogens is 1. The van der Waals surface area contributed by atoms with Crippen molar-refractivity contribution in [1.82, 2.24) is 10.3 Å². The van der Waals surface area contributed by atoms with Crippen molar-refractivity contribution in [3.8, 4) is 0 Å². The van der Waals surface area contributed by atoms with E-state index in [4.69, 9.17) is 9.15 Å². The average Bonchev–Trinajstić information content (AvgIpc) is 2.83. The van der Waals surface area contributed by atoms with E-state index in [1.165, 1.54) is 0 Å². The summed E-state index contributed by atoms with van der Waals surface area (Å²) in [6.45, 7) is 9.16. The van der Waals surface area contributed by atoms with Crippen molar-refractivity contribution in [3.05, 3.63) is 17.8 Å². The van der Waals surface area contributed by atoms with Crippen LogP contribution >= 0.6 is 0 Å². The van der Waals surface area contributed by atoms with Crippen molar-refractivity contribution in [3.63, 3.8) is 0 Å². The minimum atomic E-state index is 0.0853. The van der Waals surface area contributed by atoms with Gasteiger partial charge in [0.2, 0.25) is 0 Å². The van der Waals surface area contributed by atoms with E-state index < -0.39 is 0 Å². The number of methoxy groups -OCH3 is 1. The molecule has 4 heteroatoms. The average molecular weight is 254 g/mol. The molecule has 0 unspecified atom stereocenters. The molecule has 0 atom stereocenters. The second-order valence-corrected chi connectivity index (χ2v) is 5.20. The molecule has 0 fully saturated rings. The highest BCUT2D eigenvalue weighted by molar-refractivity contribution is 5.07. The first kappa shape index (κ1) is 15.2. The molecule has 0 saturated carbocycles. The number of nitrogens with zero attached hydrogens (tertiary/aromatic N) is 1. The summed E-state index contributed by atoms with van der Waals surface area (Å²) in [7, 11) is 1.71. The van der Waals surface area contributed by atoms with Gasteiger partial charge in [-0.05, 0) is 19.4 Å². The molecule has 0 radical (unpaired) electrons. The van der Waals surface area contributed by atoms with Gasteiger partial charge in [0.05, 0.1) is 12.8 Å². The Kier molecular flexibility index (Phi) is 6.36. The van der Waals surface area contributed by atoms with E-state index in [1.807, 2.05) is 6.20 Å². The third kappa shape index (κ3) is 4.78. The molecule has 0 spiro atoms. The summed E-state index contributed by atoms with van der Waals surface area (Å²) in [6.07, 6.45) is 4.85. The quantitative estimate of drug-likeness (QED) is 0.688. The van der Waals surface area contributed by atoms with Crippen LogP contribution in [0.15, 0.2) is 10.6 Å².